The fourth-order valence-electron chi connectivity index (χ4n) is 2.02. The quantitative estimate of drug-likeness (QED) is 0.833. The molecule has 1 aromatic carbocycles. The molecule has 0 saturated carbocycles. The van der Waals surface area contributed by atoms with Gasteiger partial charge in [0.15, 0.2) is 0 Å². The predicted octanol–water partition coefficient (Wildman–Crippen LogP) is 1.83. The van der Waals surface area contributed by atoms with Gasteiger partial charge in [0.2, 0.25) is 0 Å². The van der Waals surface area contributed by atoms with Crippen molar-refractivity contribution >= 4 is 17.3 Å². The molecule has 0 radical (unpaired) electrons. The number of benzene rings is 1. The monoisotopic (exact) mass is 270 g/mol. The normalized spacial score (nSPS) is 10.3. The summed E-state index contributed by atoms with van der Waals surface area (Å²) in [6.07, 6.45) is 0. The molecule has 0 aliphatic rings. The SMILES string of the molecule is Cc1cccc(CN(C)C(=O)c2cc(N)cc(N)c2)n1. The summed E-state index contributed by atoms with van der Waals surface area (Å²) >= 11 is 0. The number of hydrogen-bond acceptors (Lipinski definition) is 4. The first-order valence-electron chi connectivity index (χ1n) is 6.30. The van der Waals surface area contributed by atoms with Gasteiger partial charge in [-0.1, -0.05) is 6.07 Å². The summed E-state index contributed by atoms with van der Waals surface area (Å²) in [4.78, 5) is 18.3. The predicted molar refractivity (Wildman–Crippen MR) is 80.0 cm³/mol. The van der Waals surface area contributed by atoms with Crippen LogP contribution >= 0.6 is 0 Å². The highest BCUT2D eigenvalue weighted by molar-refractivity contribution is 5.95. The number of carbonyl (C=O) groups excluding carboxylic acids is 1. The van der Waals surface area contributed by atoms with Crippen molar-refractivity contribution in [2.45, 2.75) is 13.5 Å². The van der Waals surface area contributed by atoms with Crippen LogP contribution in [0, 0.1) is 6.92 Å². The molecule has 2 aromatic rings. The van der Waals surface area contributed by atoms with E-state index in [9.17, 15) is 4.79 Å². The standard InChI is InChI=1S/C15H18N4O/c1-10-4-3-5-14(18-10)9-19(2)15(20)11-6-12(16)8-13(17)7-11/h3-8H,9,16-17H2,1-2H3. The number of anilines is 2. The van der Waals surface area contributed by atoms with Crippen LogP contribution in [0.25, 0.3) is 0 Å². The summed E-state index contributed by atoms with van der Waals surface area (Å²) in [6, 6.07) is 10.6. The number of nitrogen functional groups attached to an aromatic ring is 2. The summed E-state index contributed by atoms with van der Waals surface area (Å²) in [5, 5.41) is 0. The summed E-state index contributed by atoms with van der Waals surface area (Å²) in [6.45, 7) is 2.36. The molecule has 4 N–H and O–H groups in total. The number of aromatic nitrogens is 1. The minimum atomic E-state index is -0.132. The Morgan fingerprint density at radius 1 is 1.20 bits per heavy atom. The average Bonchev–Trinajstić information content (AvgIpc) is 2.36. The number of nitrogens with two attached hydrogens (primary N) is 2. The van der Waals surface area contributed by atoms with Crippen LogP contribution in [0.3, 0.4) is 0 Å². The fraction of sp³-hybridized carbons (Fsp3) is 0.200. The third-order valence-electron chi connectivity index (χ3n) is 2.92. The highest BCUT2D eigenvalue weighted by Gasteiger charge is 2.13. The molecule has 0 saturated heterocycles. The molecular formula is C15H18N4O. The van der Waals surface area contributed by atoms with Crippen molar-refractivity contribution < 1.29 is 4.79 Å². The molecule has 5 nitrogen and oxygen atoms in total. The van der Waals surface area contributed by atoms with Crippen molar-refractivity contribution in [1.82, 2.24) is 9.88 Å². The molecule has 1 amide bonds. The fourth-order valence-corrected chi connectivity index (χ4v) is 2.02. The molecule has 1 heterocycles. The van der Waals surface area contributed by atoms with Gasteiger partial charge in [0.05, 0.1) is 12.2 Å². The maximum absolute atomic E-state index is 12.3. The zero-order valence-electron chi connectivity index (χ0n) is 11.6. The first kappa shape index (κ1) is 13.9. The molecule has 1 aromatic heterocycles. The van der Waals surface area contributed by atoms with Gasteiger partial charge in [0.1, 0.15) is 0 Å². The number of amides is 1. The zero-order valence-corrected chi connectivity index (χ0v) is 11.6. The van der Waals surface area contributed by atoms with E-state index in [1.165, 1.54) is 0 Å². The number of pyridine rings is 1. The molecule has 104 valence electrons. The van der Waals surface area contributed by atoms with E-state index in [1.807, 2.05) is 25.1 Å². The number of rotatable bonds is 3. The molecular weight excluding hydrogens is 252 g/mol. The zero-order chi connectivity index (χ0) is 14.7. The Balaban J connectivity index is 2.16. The maximum atomic E-state index is 12.3. The number of hydrogen-bond donors (Lipinski definition) is 2. The van der Waals surface area contributed by atoms with Crippen molar-refractivity contribution in [3.05, 3.63) is 53.3 Å². The van der Waals surface area contributed by atoms with E-state index in [4.69, 9.17) is 11.5 Å². The Morgan fingerprint density at radius 3 is 2.45 bits per heavy atom. The minimum absolute atomic E-state index is 0.132. The molecule has 0 bridgehead atoms. The molecule has 0 unspecified atom stereocenters. The van der Waals surface area contributed by atoms with Gasteiger partial charge in [-0.25, -0.2) is 0 Å². The van der Waals surface area contributed by atoms with Crippen LogP contribution in [0.2, 0.25) is 0 Å². The maximum Gasteiger partial charge on any atom is 0.254 e. The second kappa shape index (κ2) is 5.61. The molecule has 0 fully saturated rings. The molecule has 0 spiro atoms. The summed E-state index contributed by atoms with van der Waals surface area (Å²) in [7, 11) is 1.73. The van der Waals surface area contributed by atoms with Crippen LogP contribution in [0.1, 0.15) is 21.7 Å². The van der Waals surface area contributed by atoms with Gasteiger partial charge in [-0.2, -0.15) is 0 Å². The molecule has 20 heavy (non-hydrogen) atoms. The second-order valence-electron chi connectivity index (χ2n) is 4.82. The van der Waals surface area contributed by atoms with Gasteiger partial charge < -0.3 is 16.4 Å². The summed E-state index contributed by atoms with van der Waals surface area (Å²) in [5.41, 5.74) is 14.6. The van der Waals surface area contributed by atoms with Crippen LogP contribution in [0.4, 0.5) is 11.4 Å². The average molecular weight is 270 g/mol. The van der Waals surface area contributed by atoms with Crippen molar-refractivity contribution in [3.63, 3.8) is 0 Å². The molecule has 2 rings (SSSR count). The van der Waals surface area contributed by atoms with Crippen LogP contribution in [-0.2, 0) is 6.54 Å². The summed E-state index contributed by atoms with van der Waals surface area (Å²) < 4.78 is 0. The Bertz CT molecular complexity index is 619. The second-order valence-corrected chi connectivity index (χ2v) is 4.82. The molecule has 0 aliphatic carbocycles. The smallest absolute Gasteiger partial charge is 0.254 e. The number of carbonyl (C=O) groups is 1. The lowest BCUT2D eigenvalue weighted by Crippen LogP contribution is -2.26. The van der Waals surface area contributed by atoms with E-state index in [1.54, 1.807) is 30.1 Å². The highest BCUT2D eigenvalue weighted by Crippen LogP contribution is 2.16. The Hall–Kier alpha value is -2.56. The van der Waals surface area contributed by atoms with E-state index < -0.39 is 0 Å². The Kier molecular flexibility index (Phi) is 3.89. The van der Waals surface area contributed by atoms with Crippen molar-refractivity contribution in [1.29, 1.82) is 0 Å². The van der Waals surface area contributed by atoms with Gasteiger partial charge in [-0.3, -0.25) is 9.78 Å². The van der Waals surface area contributed by atoms with E-state index in [0.717, 1.165) is 11.4 Å². The number of nitrogens with zero attached hydrogens (tertiary/aromatic N) is 2. The lowest BCUT2D eigenvalue weighted by atomic mass is 10.1. The van der Waals surface area contributed by atoms with E-state index in [0.29, 0.717) is 23.5 Å². The van der Waals surface area contributed by atoms with E-state index in [-0.39, 0.29) is 5.91 Å². The van der Waals surface area contributed by atoms with Crippen molar-refractivity contribution in [3.8, 4) is 0 Å². The lowest BCUT2D eigenvalue weighted by molar-refractivity contribution is 0.0783. The Labute approximate surface area is 118 Å². The minimum Gasteiger partial charge on any atom is -0.399 e. The molecule has 5 heteroatoms. The van der Waals surface area contributed by atoms with Crippen LogP contribution in [0.5, 0.6) is 0 Å². The lowest BCUT2D eigenvalue weighted by Gasteiger charge is -2.17. The van der Waals surface area contributed by atoms with Gasteiger partial charge >= 0.3 is 0 Å². The van der Waals surface area contributed by atoms with Gasteiger partial charge in [0.25, 0.3) is 5.91 Å². The van der Waals surface area contributed by atoms with Crippen LogP contribution in [-0.4, -0.2) is 22.8 Å². The van der Waals surface area contributed by atoms with E-state index in [2.05, 4.69) is 4.98 Å². The van der Waals surface area contributed by atoms with Crippen LogP contribution in [0.15, 0.2) is 36.4 Å². The molecule has 0 atom stereocenters. The molecule has 0 aliphatic heterocycles. The van der Waals surface area contributed by atoms with Gasteiger partial charge in [-0.05, 0) is 37.3 Å². The third kappa shape index (κ3) is 3.26. The van der Waals surface area contributed by atoms with Gasteiger partial charge in [0, 0.05) is 29.7 Å². The Morgan fingerprint density at radius 2 is 1.85 bits per heavy atom. The highest BCUT2D eigenvalue weighted by atomic mass is 16.2. The topological polar surface area (TPSA) is 85.2 Å². The first-order chi connectivity index (χ1) is 9.45. The van der Waals surface area contributed by atoms with Crippen molar-refractivity contribution in [2.75, 3.05) is 18.5 Å². The summed E-state index contributed by atoms with van der Waals surface area (Å²) in [5.74, 6) is -0.132. The van der Waals surface area contributed by atoms with Crippen LogP contribution < -0.4 is 11.5 Å². The van der Waals surface area contributed by atoms with E-state index >= 15 is 0 Å². The van der Waals surface area contributed by atoms with Crippen molar-refractivity contribution in [2.24, 2.45) is 0 Å². The number of aryl methyl sites for hydroxylation is 1. The largest absolute Gasteiger partial charge is 0.399 e. The first-order valence-corrected chi connectivity index (χ1v) is 6.30. The van der Waals surface area contributed by atoms with Gasteiger partial charge in [-0.15, -0.1) is 0 Å². The third-order valence-corrected chi connectivity index (χ3v) is 2.92.